The second-order valence-corrected chi connectivity index (χ2v) is 5.16. The molecule has 0 N–H and O–H groups in total. The van der Waals surface area contributed by atoms with Crippen LogP contribution in [0, 0.1) is 0 Å². The zero-order valence-electron chi connectivity index (χ0n) is 9.85. The van der Waals surface area contributed by atoms with Crippen LogP contribution >= 0.6 is 27.3 Å². The summed E-state index contributed by atoms with van der Waals surface area (Å²) in [6.07, 6.45) is 0.833. The van der Waals surface area contributed by atoms with Gasteiger partial charge in [-0.15, -0.1) is 17.9 Å². The van der Waals surface area contributed by atoms with Crippen molar-refractivity contribution in [3.05, 3.63) is 33.5 Å². The molecular formula is C12H13BrO4S. The van der Waals surface area contributed by atoms with Crippen LogP contribution in [0.25, 0.3) is 0 Å². The van der Waals surface area contributed by atoms with Crippen LogP contribution in [0.2, 0.25) is 0 Å². The quantitative estimate of drug-likeness (QED) is 0.437. The molecule has 0 amide bonds. The minimum absolute atomic E-state index is 0.235. The van der Waals surface area contributed by atoms with Gasteiger partial charge in [0, 0.05) is 4.47 Å². The topological polar surface area (TPSA) is 52.6 Å². The molecule has 6 heteroatoms. The Kier molecular flexibility index (Phi) is 6.24. The van der Waals surface area contributed by atoms with Gasteiger partial charge in [-0.25, -0.2) is 4.79 Å². The zero-order valence-corrected chi connectivity index (χ0v) is 12.3. The van der Waals surface area contributed by atoms with Crippen LogP contribution in [0.5, 0.6) is 0 Å². The smallest absolute Gasteiger partial charge is 0.335 e. The van der Waals surface area contributed by atoms with Crippen LogP contribution in [-0.2, 0) is 14.3 Å². The Morgan fingerprint density at radius 1 is 1.61 bits per heavy atom. The fourth-order valence-corrected chi connectivity index (χ4v) is 2.61. The summed E-state index contributed by atoms with van der Waals surface area (Å²) in [7, 11) is 0. The lowest BCUT2D eigenvalue weighted by molar-refractivity contribution is -0.154. The van der Waals surface area contributed by atoms with Gasteiger partial charge < -0.3 is 9.47 Å². The molecule has 18 heavy (non-hydrogen) atoms. The maximum atomic E-state index is 11.7. The van der Waals surface area contributed by atoms with E-state index in [1.807, 2.05) is 0 Å². The molecule has 0 aliphatic rings. The Balaban J connectivity index is 2.41. The number of hydrogen-bond acceptors (Lipinski definition) is 5. The molecule has 0 aliphatic carbocycles. The minimum Gasteiger partial charge on any atom is -0.455 e. The molecule has 1 rings (SSSR count). The third kappa shape index (κ3) is 4.36. The lowest BCUT2D eigenvalue weighted by atomic mass is 10.3. The van der Waals surface area contributed by atoms with E-state index in [0.717, 1.165) is 0 Å². The molecule has 0 bridgehead atoms. The van der Waals surface area contributed by atoms with Crippen molar-refractivity contribution in [2.75, 3.05) is 13.2 Å². The first-order valence-corrected chi connectivity index (χ1v) is 6.88. The molecule has 1 aromatic heterocycles. The van der Waals surface area contributed by atoms with Gasteiger partial charge in [-0.3, -0.25) is 4.79 Å². The van der Waals surface area contributed by atoms with Crippen molar-refractivity contribution in [2.24, 2.45) is 0 Å². The summed E-state index contributed by atoms with van der Waals surface area (Å²) in [5.41, 5.74) is 0. The molecule has 0 aromatic carbocycles. The second-order valence-electron chi connectivity index (χ2n) is 3.39. The molecule has 0 spiro atoms. The SMILES string of the molecule is C=CCOC(C)C(=O)OCC(=O)c1sccc1Br. The molecule has 1 heterocycles. The zero-order chi connectivity index (χ0) is 13.5. The summed E-state index contributed by atoms with van der Waals surface area (Å²) in [4.78, 5) is 23.7. The minimum atomic E-state index is -0.706. The first-order chi connectivity index (χ1) is 8.56. The highest BCUT2D eigenvalue weighted by Gasteiger charge is 2.18. The van der Waals surface area contributed by atoms with E-state index in [0.29, 0.717) is 9.35 Å². The number of thiophene rings is 1. The Morgan fingerprint density at radius 3 is 2.89 bits per heavy atom. The standard InChI is InChI=1S/C12H13BrO4S/c1-3-5-16-8(2)12(15)17-7-10(14)11-9(13)4-6-18-11/h3-4,6,8H,1,5,7H2,2H3. The number of Topliss-reactive ketones (excluding diaryl/α,β-unsaturated/α-hetero) is 1. The summed E-state index contributed by atoms with van der Waals surface area (Å²) in [5.74, 6) is -0.793. The normalized spacial score (nSPS) is 11.9. The fourth-order valence-electron chi connectivity index (χ4n) is 1.09. The van der Waals surface area contributed by atoms with E-state index in [-0.39, 0.29) is 19.0 Å². The number of halogens is 1. The average Bonchev–Trinajstić information content (AvgIpc) is 2.78. The van der Waals surface area contributed by atoms with E-state index in [4.69, 9.17) is 9.47 Å². The summed E-state index contributed by atoms with van der Waals surface area (Å²) < 4.78 is 10.7. The first kappa shape index (κ1) is 15.1. The third-order valence-corrected chi connectivity index (χ3v) is 3.89. The maximum absolute atomic E-state index is 11.7. The monoisotopic (exact) mass is 332 g/mol. The van der Waals surface area contributed by atoms with Crippen molar-refractivity contribution >= 4 is 39.0 Å². The highest BCUT2D eigenvalue weighted by molar-refractivity contribution is 9.10. The van der Waals surface area contributed by atoms with Crippen molar-refractivity contribution in [1.82, 2.24) is 0 Å². The Bertz CT molecular complexity index is 441. The van der Waals surface area contributed by atoms with Gasteiger partial charge in [-0.05, 0) is 34.3 Å². The Morgan fingerprint density at radius 2 is 2.33 bits per heavy atom. The molecule has 0 fully saturated rings. The van der Waals surface area contributed by atoms with Gasteiger partial charge in [0.25, 0.3) is 0 Å². The average molecular weight is 333 g/mol. The van der Waals surface area contributed by atoms with E-state index >= 15 is 0 Å². The predicted octanol–water partition coefficient (Wildman–Crippen LogP) is 2.83. The summed E-state index contributed by atoms with van der Waals surface area (Å²) in [5, 5.41) is 1.79. The van der Waals surface area contributed by atoms with Gasteiger partial charge in [0.2, 0.25) is 5.78 Å². The summed E-state index contributed by atoms with van der Waals surface area (Å²) in [6.45, 7) is 5.03. The van der Waals surface area contributed by atoms with Crippen molar-refractivity contribution in [3.8, 4) is 0 Å². The molecule has 98 valence electrons. The van der Waals surface area contributed by atoms with Crippen LogP contribution in [0.1, 0.15) is 16.6 Å². The molecule has 0 saturated heterocycles. The molecular weight excluding hydrogens is 320 g/mol. The molecule has 0 saturated carbocycles. The van der Waals surface area contributed by atoms with E-state index in [2.05, 4.69) is 22.5 Å². The lowest BCUT2D eigenvalue weighted by Crippen LogP contribution is -2.25. The van der Waals surface area contributed by atoms with E-state index in [1.54, 1.807) is 18.4 Å². The highest BCUT2D eigenvalue weighted by atomic mass is 79.9. The molecule has 4 nitrogen and oxygen atoms in total. The Labute approximate surface area is 118 Å². The second kappa shape index (κ2) is 7.45. The number of carbonyl (C=O) groups excluding carboxylic acids is 2. The number of rotatable bonds is 7. The van der Waals surface area contributed by atoms with Gasteiger partial charge >= 0.3 is 5.97 Å². The van der Waals surface area contributed by atoms with Crippen LogP contribution in [0.4, 0.5) is 0 Å². The van der Waals surface area contributed by atoms with Crippen molar-refractivity contribution in [2.45, 2.75) is 13.0 Å². The van der Waals surface area contributed by atoms with Crippen LogP contribution in [0.15, 0.2) is 28.6 Å². The third-order valence-electron chi connectivity index (χ3n) is 2.01. The molecule has 0 radical (unpaired) electrons. The van der Waals surface area contributed by atoms with E-state index < -0.39 is 12.1 Å². The van der Waals surface area contributed by atoms with Crippen molar-refractivity contribution in [3.63, 3.8) is 0 Å². The number of hydrogen-bond donors (Lipinski definition) is 0. The maximum Gasteiger partial charge on any atom is 0.335 e. The van der Waals surface area contributed by atoms with Gasteiger partial charge in [0.05, 0.1) is 11.5 Å². The van der Waals surface area contributed by atoms with Gasteiger partial charge in [-0.1, -0.05) is 6.08 Å². The lowest BCUT2D eigenvalue weighted by Gasteiger charge is -2.10. The highest BCUT2D eigenvalue weighted by Crippen LogP contribution is 2.23. The number of esters is 1. The van der Waals surface area contributed by atoms with Crippen molar-refractivity contribution in [1.29, 1.82) is 0 Å². The Hall–Kier alpha value is -0.980. The van der Waals surface area contributed by atoms with Gasteiger partial charge in [-0.2, -0.15) is 0 Å². The van der Waals surface area contributed by atoms with Crippen LogP contribution in [0.3, 0.4) is 0 Å². The molecule has 0 aliphatic heterocycles. The molecule has 1 atom stereocenters. The summed E-state index contributed by atoms with van der Waals surface area (Å²) >= 11 is 4.55. The summed E-state index contributed by atoms with van der Waals surface area (Å²) in [6, 6.07) is 1.77. The molecule has 1 unspecified atom stereocenters. The van der Waals surface area contributed by atoms with Crippen molar-refractivity contribution < 1.29 is 19.1 Å². The first-order valence-electron chi connectivity index (χ1n) is 5.21. The van der Waals surface area contributed by atoms with Crippen LogP contribution < -0.4 is 0 Å². The number of ether oxygens (including phenoxy) is 2. The van der Waals surface area contributed by atoms with E-state index in [9.17, 15) is 9.59 Å². The van der Waals surface area contributed by atoms with Crippen LogP contribution in [-0.4, -0.2) is 31.1 Å². The largest absolute Gasteiger partial charge is 0.455 e. The molecule has 1 aromatic rings. The number of ketones is 1. The van der Waals surface area contributed by atoms with Gasteiger partial charge in [0.1, 0.15) is 0 Å². The predicted molar refractivity (Wildman–Crippen MR) is 72.9 cm³/mol. The van der Waals surface area contributed by atoms with Gasteiger partial charge in [0.15, 0.2) is 12.7 Å². The van der Waals surface area contributed by atoms with E-state index in [1.165, 1.54) is 17.4 Å². The fraction of sp³-hybridized carbons (Fsp3) is 0.333. The number of carbonyl (C=O) groups is 2.